The summed E-state index contributed by atoms with van der Waals surface area (Å²) in [4.78, 5) is 15.5. The number of aryl methyl sites for hydroxylation is 1. The molecule has 1 heterocycles. The van der Waals surface area contributed by atoms with Crippen LogP contribution in [0.5, 0.6) is 0 Å². The molecule has 1 aromatic rings. The van der Waals surface area contributed by atoms with Crippen molar-refractivity contribution in [2.24, 2.45) is 0 Å². The number of esters is 1. The van der Waals surface area contributed by atoms with Crippen LogP contribution in [0.1, 0.15) is 36.7 Å². The van der Waals surface area contributed by atoms with Crippen LogP contribution in [0.25, 0.3) is 0 Å². The van der Waals surface area contributed by atoms with Gasteiger partial charge in [-0.2, -0.15) is 0 Å². The first-order valence-electron chi connectivity index (χ1n) is 5.16. The number of nitrogens with zero attached hydrogens (tertiary/aromatic N) is 1. The van der Waals surface area contributed by atoms with E-state index in [1.807, 2.05) is 13.0 Å². The predicted octanol–water partition coefficient (Wildman–Crippen LogP) is 2.39. The Morgan fingerprint density at radius 2 is 2.06 bits per heavy atom. The summed E-state index contributed by atoms with van der Waals surface area (Å²) in [7, 11) is 1.36. The van der Waals surface area contributed by atoms with Crippen LogP contribution in [0, 0.1) is 6.92 Å². The minimum absolute atomic E-state index is 0.0494. The van der Waals surface area contributed by atoms with Gasteiger partial charge < -0.3 is 10.1 Å². The highest BCUT2D eigenvalue weighted by Gasteiger charge is 2.13. The van der Waals surface area contributed by atoms with Gasteiger partial charge in [0, 0.05) is 11.7 Å². The first-order chi connectivity index (χ1) is 7.33. The third kappa shape index (κ3) is 3.22. The van der Waals surface area contributed by atoms with Gasteiger partial charge in [0.2, 0.25) is 0 Å². The first kappa shape index (κ1) is 12.5. The van der Waals surface area contributed by atoms with Gasteiger partial charge in [-0.1, -0.05) is 0 Å². The van der Waals surface area contributed by atoms with E-state index in [-0.39, 0.29) is 11.5 Å². The lowest BCUT2D eigenvalue weighted by atomic mass is 10.1. The topological polar surface area (TPSA) is 51.2 Å². The fourth-order valence-electron chi connectivity index (χ4n) is 1.33. The summed E-state index contributed by atoms with van der Waals surface area (Å²) in [6.45, 7) is 8.02. The van der Waals surface area contributed by atoms with E-state index < -0.39 is 0 Å². The monoisotopic (exact) mass is 222 g/mol. The maximum absolute atomic E-state index is 11.3. The number of carbonyl (C=O) groups excluding carboxylic acids is 1. The molecule has 4 nitrogen and oxygen atoms in total. The highest BCUT2D eigenvalue weighted by molar-refractivity contribution is 5.90. The van der Waals surface area contributed by atoms with Gasteiger partial charge in [-0.15, -0.1) is 0 Å². The Labute approximate surface area is 96.0 Å². The van der Waals surface area contributed by atoms with Crippen LogP contribution >= 0.6 is 0 Å². The van der Waals surface area contributed by atoms with Crippen LogP contribution in [0.2, 0.25) is 0 Å². The normalized spacial score (nSPS) is 11.1. The van der Waals surface area contributed by atoms with Crippen molar-refractivity contribution in [3.05, 3.63) is 23.4 Å². The molecular formula is C12H18N2O2. The standard InChI is InChI=1S/C12H18N2O2/c1-8-6-10(14-12(2,3)4)13-7-9(8)11(15)16-5/h6-7H,1-5H3,(H,13,14). The zero-order valence-electron chi connectivity index (χ0n) is 10.4. The van der Waals surface area contributed by atoms with E-state index in [1.165, 1.54) is 13.3 Å². The number of methoxy groups -OCH3 is 1. The molecule has 1 N–H and O–H groups in total. The van der Waals surface area contributed by atoms with Crippen LogP contribution in [0.4, 0.5) is 5.82 Å². The van der Waals surface area contributed by atoms with E-state index in [4.69, 9.17) is 0 Å². The molecule has 0 atom stereocenters. The molecule has 0 saturated carbocycles. The summed E-state index contributed by atoms with van der Waals surface area (Å²) in [5.41, 5.74) is 1.31. The van der Waals surface area contributed by atoms with E-state index >= 15 is 0 Å². The van der Waals surface area contributed by atoms with Crippen LogP contribution < -0.4 is 5.32 Å². The Morgan fingerprint density at radius 3 is 2.50 bits per heavy atom. The summed E-state index contributed by atoms with van der Waals surface area (Å²) < 4.78 is 4.66. The summed E-state index contributed by atoms with van der Waals surface area (Å²) in [5, 5.41) is 3.24. The van der Waals surface area contributed by atoms with E-state index in [1.54, 1.807) is 0 Å². The van der Waals surface area contributed by atoms with Crippen molar-refractivity contribution in [1.82, 2.24) is 4.98 Å². The maximum Gasteiger partial charge on any atom is 0.339 e. The van der Waals surface area contributed by atoms with Gasteiger partial charge in [0.05, 0.1) is 12.7 Å². The zero-order chi connectivity index (χ0) is 12.3. The van der Waals surface area contributed by atoms with E-state index in [2.05, 4.69) is 35.8 Å². The van der Waals surface area contributed by atoms with Crippen molar-refractivity contribution in [3.8, 4) is 0 Å². The molecule has 0 unspecified atom stereocenters. The summed E-state index contributed by atoms with van der Waals surface area (Å²) in [6, 6.07) is 1.84. The molecule has 0 radical (unpaired) electrons. The van der Waals surface area contributed by atoms with Gasteiger partial charge in [0.1, 0.15) is 5.82 Å². The number of hydrogen-bond donors (Lipinski definition) is 1. The average molecular weight is 222 g/mol. The second-order valence-electron chi connectivity index (χ2n) is 4.75. The Morgan fingerprint density at radius 1 is 1.44 bits per heavy atom. The lowest BCUT2D eigenvalue weighted by Crippen LogP contribution is -2.26. The lowest BCUT2D eigenvalue weighted by molar-refractivity contribution is 0.0599. The van der Waals surface area contributed by atoms with Crippen molar-refractivity contribution in [1.29, 1.82) is 0 Å². The quantitative estimate of drug-likeness (QED) is 0.780. The van der Waals surface area contributed by atoms with E-state index in [0.29, 0.717) is 5.56 Å². The number of aromatic nitrogens is 1. The van der Waals surface area contributed by atoms with E-state index in [9.17, 15) is 4.79 Å². The maximum atomic E-state index is 11.3. The number of rotatable bonds is 2. The highest BCUT2D eigenvalue weighted by atomic mass is 16.5. The van der Waals surface area contributed by atoms with Crippen LogP contribution in [-0.2, 0) is 4.74 Å². The second kappa shape index (κ2) is 4.51. The van der Waals surface area contributed by atoms with Crippen molar-refractivity contribution in [2.45, 2.75) is 33.2 Å². The minimum Gasteiger partial charge on any atom is -0.465 e. The molecule has 1 aromatic heterocycles. The van der Waals surface area contributed by atoms with Crippen LogP contribution in [0.3, 0.4) is 0 Å². The average Bonchev–Trinajstić information content (AvgIpc) is 2.14. The molecule has 0 aliphatic rings. The lowest BCUT2D eigenvalue weighted by Gasteiger charge is -2.21. The van der Waals surface area contributed by atoms with Gasteiger partial charge >= 0.3 is 5.97 Å². The molecule has 88 valence electrons. The fourth-order valence-corrected chi connectivity index (χ4v) is 1.33. The number of ether oxygens (including phenoxy) is 1. The second-order valence-corrected chi connectivity index (χ2v) is 4.75. The van der Waals surface area contributed by atoms with Gasteiger partial charge in [-0.25, -0.2) is 9.78 Å². The Hall–Kier alpha value is -1.58. The fraction of sp³-hybridized carbons (Fsp3) is 0.500. The molecule has 0 bridgehead atoms. The van der Waals surface area contributed by atoms with Crippen molar-refractivity contribution in [3.63, 3.8) is 0 Å². The highest BCUT2D eigenvalue weighted by Crippen LogP contribution is 2.16. The molecule has 4 heteroatoms. The number of pyridine rings is 1. The SMILES string of the molecule is COC(=O)c1cnc(NC(C)(C)C)cc1C. The Kier molecular flexibility index (Phi) is 3.52. The molecule has 0 amide bonds. The molecular weight excluding hydrogens is 204 g/mol. The van der Waals surface area contributed by atoms with Gasteiger partial charge in [0.15, 0.2) is 0 Å². The van der Waals surface area contributed by atoms with Crippen molar-refractivity contribution >= 4 is 11.8 Å². The predicted molar refractivity (Wildman–Crippen MR) is 63.7 cm³/mol. The first-order valence-corrected chi connectivity index (χ1v) is 5.16. The number of hydrogen-bond acceptors (Lipinski definition) is 4. The van der Waals surface area contributed by atoms with Gasteiger partial charge in [-0.05, 0) is 39.3 Å². The van der Waals surface area contributed by atoms with Crippen molar-refractivity contribution in [2.75, 3.05) is 12.4 Å². The summed E-state index contributed by atoms with van der Waals surface area (Å²) in [6.07, 6.45) is 1.54. The zero-order valence-corrected chi connectivity index (χ0v) is 10.4. The Bertz CT molecular complexity index is 394. The van der Waals surface area contributed by atoms with Crippen LogP contribution in [-0.4, -0.2) is 23.6 Å². The molecule has 0 aliphatic heterocycles. The van der Waals surface area contributed by atoms with Crippen LogP contribution in [0.15, 0.2) is 12.3 Å². The third-order valence-corrected chi connectivity index (χ3v) is 2.02. The molecule has 1 rings (SSSR count). The summed E-state index contributed by atoms with van der Waals surface area (Å²) in [5.74, 6) is 0.407. The van der Waals surface area contributed by atoms with Crippen molar-refractivity contribution < 1.29 is 9.53 Å². The molecule has 0 spiro atoms. The molecule has 0 aromatic carbocycles. The van der Waals surface area contributed by atoms with Gasteiger partial charge in [0.25, 0.3) is 0 Å². The smallest absolute Gasteiger partial charge is 0.339 e. The molecule has 0 saturated heterocycles. The minimum atomic E-state index is -0.354. The molecule has 16 heavy (non-hydrogen) atoms. The van der Waals surface area contributed by atoms with Gasteiger partial charge in [-0.3, -0.25) is 0 Å². The molecule has 0 fully saturated rings. The molecule has 0 aliphatic carbocycles. The number of carbonyl (C=O) groups is 1. The Balaban J connectivity index is 2.96. The number of anilines is 1. The van der Waals surface area contributed by atoms with E-state index in [0.717, 1.165) is 11.4 Å². The largest absolute Gasteiger partial charge is 0.465 e. The third-order valence-electron chi connectivity index (χ3n) is 2.02. The summed E-state index contributed by atoms with van der Waals surface area (Å²) >= 11 is 0. The number of nitrogens with one attached hydrogen (secondary N) is 1.